The first-order valence-corrected chi connectivity index (χ1v) is 11.9. The van der Waals surface area contributed by atoms with Gasteiger partial charge >= 0.3 is 0 Å². The molecule has 7 nitrogen and oxygen atoms in total. The van der Waals surface area contributed by atoms with E-state index in [-0.39, 0.29) is 18.4 Å². The second-order valence-electron chi connectivity index (χ2n) is 8.98. The van der Waals surface area contributed by atoms with Crippen molar-refractivity contribution in [2.75, 3.05) is 25.0 Å². The van der Waals surface area contributed by atoms with E-state index in [2.05, 4.69) is 20.6 Å². The molecule has 0 spiro atoms. The van der Waals surface area contributed by atoms with Crippen LogP contribution in [-0.4, -0.2) is 52.2 Å². The van der Waals surface area contributed by atoms with Crippen LogP contribution in [0.15, 0.2) is 24.3 Å². The van der Waals surface area contributed by atoms with Gasteiger partial charge in [-0.25, -0.2) is 0 Å². The topological polar surface area (TPSA) is 79.3 Å². The molecule has 0 bridgehead atoms. The van der Waals surface area contributed by atoms with Crippen LogP contribution in [0, 0.1) is 19.8 Å². The third-order valence-electron chi connectivity index (χ3n) is 6.77. The molecule has 1 aromatic heterocycles. The predicted molar refractivity (Wildman–Crippen MR) is 126 cm³/mol. The smallest absolute Gasteiger partial charge is 0.251 e. The van der Waals surface area contributed by atoms with E-state index in [0.29, 0.717) is 33.9 Å². The van der Waals surface area contributed by atoms with E-state index in [4.69, 9.17) is 11.6 Å². The number of halogens is 1. The lowest BCUT2D eigenvalue weighted by Gasteiger charge is -2.44. The number of carbonyl (C=O) groups excluding carboxylic acids is 2. The van der Waals surface area contributed by atoms with Crippen molar-refractivity contribution in [3.63, 3.8) is 0 Å². The minimum Gasteiger partial charge on any atom is -0.352 e. The molecule has 4 rings (SSSR count). The number of aryl methyl sites for hydroxylation is 1. The highest BCUT2D eigenvalue weighted by Gasteiger charge is 2.32. The molecular weight excluding hydrogens is 426 g/mol. The second-order valence-corrected chi connectivity index (χ2v) is 9.36. The Morgan fingerprint density at radius 3 is 2.56 bits per heavy atom. The first-order chi connectivity index (χ1) is 15.4. The summed E-state index contributed by atoms with van der Waals surface area (Å²) in [7, 11) is 0. The van der Waals surface area contributed by atoms with Gasteiger partial charge in [0, 0.05) is 23.8 Å². The first-order valence-electron chi connectivity index (χ1n) is 11.5. The van der Waals surface area contributed by atoms with E-state index in [9.17, 15) is 9.59 Å². The quantitative estimate of drug-likeness (QED) is 0.691. The summed E-state index contributed by atoms with van der Waals surface area (Å²) in [6, 6.07) is 7.62. The zero-order chi connectivity index (χ0) is 22.7. The summed E-state index contributed by atoms with van der Waals surface area (Å²) in [6.45, 7) is 6.86. The van der Waals surface area contributed by atoms with Crippen LogP contribution in [-0.2, 0) is 11.3 Å². The molecule has 0 radical (unpaired) electrons. The number of benzene rings is 1. The van der Waals surface area contributed by atoms with Crippen LogP contribution in [0.3, 0.4) is 0 Å². The third kappa shape index (κ3) is 5.15. The number of anilines is 1. The number of carbonyl (C=O) groups is 2. The van der Waals surface area contributed by atoms with Gasteiger partial charge in [0.15, 0.2) is 0 Å². The highest BCUT2D eigenvalue weighted by atomic mass is 35.5. The van der Waals surface area contributed by atoms with E-state index in [1.807, 2.05) is 13.8 Å². The van der Waals surface area contributed by atoms with Crippen molar-refractivity contribution in [1.29, 1.82) is 0 Å². The van der Waals surface area contributed by atoms with Crippen LogP contribution in [0.4, 0.5) is 5.69 Å². The van der Waals surface area contributed by atoms with Crippen LogP contribution < -0.4 is 10.6 Å². The van der Waals surface area contributed by atoms with Crippen LogP contribution >= 0.6 is 11.6 Å². The molecule has 0 saturated carbocycles. The minimum absolute atomic E-state index is 0.0620. The maximum absolute atomic E-state index is 12.7. The van der Waals surface area contributed by atoms with Crippen LogP contribution in [0.2, 0.25) is 5.02 Å². The fourth-order valence-electron chi connectivity index (χ4n) is 5.01. The third-order valence-corrected chi connectivity index (χ3v) is 7.32. The van der Waals surface area contributed by atoms with E-state index < -0.39 is 0 Å². The molecule has 172 valence electrons. The lowest BCUT2D eigenvalue weighted by molar-refractivity contribution is -0.116. The molecule has 2 fully saturated rings. The Balaban J connectivity index is 1.28. The summed E-state index contributed by atoms with van der Waals surface area (Å²) in [4.78, 5) is 27.6. The molecular formula is C24H32ClN5O2. The van der Waals surface area contributed by atoms with Gasteiger partial charge < -0.3 is 15.5 Å². The van der Waals surface area contributed by atoms with E-state index in [1.54, 1.807) is 28.9 Å². The van der Waals surface area contributed by atoms with Crippen molar-refractivity contribution in [3.05, 3.63) is 46.2 Å². The summed E-state index contributed by atoms with van der Waals surface area (Å²) < 4.78 is 1.59. The second kappa shape index (κ2) is 10.0. The Kier molecular flexibility index (Phi) is 7.16. The molecule has 2 N–H and O–H groups in total. The highest BCUT2D eigenvalue weighted by molar-refractivity contribution is 6.31. The number of piperidine rings is 2. The molecule has 0 aliphatic carbocycles. The number of nitrogens with zero attached hydrogens (tertiary/aromatic N) is 3. The molecule has 2 aliphatic heterocycles. The van der Waals surface area contributed by atoms with Crippen LogP contribution in [0.5, 0.6) is 0 Å². The first kappa shape index (κ1) is 22.8. The minimum atomic E-state index is -0.196. The maximum atomic E-state index is 12.7. The molecule has 32 heavy (non-hydrogen) atoms. The number of nitrogens with one attached hydrogen (secondary N) is 2. The number of fused-ring (bicyclic) bond motifs is 1. The van der Waals surface area contributed by atoms with Gasteiger partial charge in [0.25, 0.3) is 5.91 Å². The number of rotatable bonds is 6. The molecule has 2 saturated heterocycles. The van der Waals surface area contributed by atoms with Gasteiger partial charge in [0.05, 0.1) is 16.4 Å². The molecule has 8 heteroatoms. The van der Waals surface area contributed by atoms with E-state index in [1.165, 1.54) is 45.2 Å². The Labute approximate surface area is 194 Å². The summed E-state index contributed by atoms with van der Waals surface area (Å²) in [6.07, 6.45) is 6.25. The van der Waals surface area contributed by atoms with Crippen LogP contribution in [0.25, 0.3) is 0 Å². The normalized spacial score (nSPS) is 21.1. The fourth-order valence-corrected chi connectivity index (χ4v) is 5.15. The van der Waals surface area contributed by atoms with Crippen molar-refractivity contribution in [2.45, 2.75) is 58.5 Å². The Morgan fingerprint density at radius 1 is 1.09 bits per heavy atom. The maximum Gasteiger partial charge on any atom is 0.251 e. The lowest BCUT2D eigenvalue weighted by atomic mass is 9.83. The Morgan fingerprint density at radius 2 is 1.84 bits per heavy atom. The van der Waals surface area contributed by atoms with Crippen molar-refractivity contribution in [3.8, 4) is 0 Å². The SMILES string of the molecule is Cc1nn(CC(=O)Nc2ccc(C(=O)NC[C@@H]3CCCN4CCCC[C@H]34)cc2)c(C)c1Cl. The number of hydrogen-bond acceptors (Lipinski definition) is 4. The Bertz CT molecular complexity index is 970. The van der Waals surface area contributed by atoms with Gasteiger partial charge in [-0.1, -0.05) is 18.0 Å². The number of aromatic nitrogens is 2. The summed E-state index contributed by atoms with van der Waals surface area (Å²) in [5, 5.41) is 10.8. The molecule has 3 heterocycles. The van der Waals surface area contributed by atoms with Crippen LogP contribution in [0.1, 0.15) is 53.8 Å². The molecule has 1 aromatic carbocycles. The zero-order valence-corrected chi connectivity index (χ0v) is 19.6. The monoisotopic (exact) mass is 457 g/mol. The standard InChI is InChI=1S/C24H32ClN5O2/c1-16-23(25)17(2)30(28-16)15-22(31)27-20-10-8-18(9-11-20)24(32)26-14-19-6-5-13-29-12-4-3-7-21(19)29/h8-11,19,21H,3-7,12-15H2,1-2H3,(H,26,32)(H,27,31)/t19-,21+/m0/s1. The molecule has 2 aliphatic rings. The number of amides is 2. The molecule has 2 amide bonds. The number of hydrogen-bond donors (Lipinski definition) is 2. The molecule has 0 unspecified atom stereocenters. The van der Waals surface area contributed by atoms with Gasteiger partial charge in [-0.2, -0.15) is 5.10 Å². The van der Waals surface area contributed by atoms with Gasteiger partial charge in [-0.15, -0.1) is 0 Å². The van der Waals surface area contributed by atoms with Gasteiger partial charge in [0.2, 0.25) is 5.91 Å². The molecule has 2 atom stereocenters. The largest absolute Gasteiger partial charge is 0.352 e. The van der Waals surface area contributed by atoms with Gasteiger partial charge in [-0.3, -0.25) is 14.3 Å². The average Bonchev–Trinajstić information content (AvgIpc) is 3.04. The van der Waals surface area contributed by atoms with Crippen molar-refractivity contribution in [2.24, 2.45) is 5.92 Å². The molecule has 2 aromatic rings. The summed E-state index contributed by atoms with van der Waals surface area (Å²) in [5.74, 6) is 0.279. The highest BCUT2D eigenvalue weighted by Crippen LogP contribution is 2.30. The van der Waals surface area contributed by atoms with Gasteiger partial charge in [0.1, 0.15) is 6.54 Å². The lowest BCUT2D eigenvalue weighted by Crippen LogP contribution is -2.51. The van der Waals surface area contributed by atoms with Crippen molar-refractivity contribution >= 4 is 29.1 Å². The van der Waals surface area contributed by atoms with Crippen molar-refractivity contribution in [1.82, 2.24) is 20.0 Å². The fraction of sp³-hybridized carbons (Fsp3) is 0.542. The Hall–Kier alpha value is -2.38. The summed E-state index contributed by atoms with van der Waals surface area (Å²) in [5.41, 5.74) is 2.71. The zero-order valence-electron chi connectivity index (χ0n) is 18.9. The van der Waals surface area contributed by atoms with Crippen molar-refractivity contribution < 1.29 is 9.59 Å². The van der Waals surface area contributed by atoms with E-state index in [0.717, 1.165) is 12.2 Å². The average molecular weight is 458 g/mol. The van der Waals surface area contributed by atoms with E-state index >= 15 is 0 Å². The summed E-state index contributed by atoms with van der Waals surface area (Å²) >= 11 is 6.14. The predicted octanol–water partition coefficient (Wildman–Crippen LogP) is 3.79. The van der Waals surface area contributed by atoms with Gasteiger partial charge in [-0.05, 0) is 82.8 Å².